The lowest BCUT2D eigenvalue weighted by atomic mass is 10.1. The summed E-state index contributed by atoms with van der Waals surface area (Å²) >= 11 is 5.92. The van der Waals surface area contributed by atoms with Crippen molar-refractivity contribution in [2.75, 3.05) is 12.5 Å². The monoisotopic (exact) mass is 398 g/mol. The van der Waals surface area contributed by atoms with Crippen LogP contribution in [-0.2, 0) is 17.8 Å². The number of halogens is 1. The van der Waals surface area contributed by atoms with E-state index in [0.29, 0.717) is 5.88 Å². The van der Waals surface area contributed by atoms with Crippen LogP contribution in [0, 0.1) is 0 Å². The lowest BCUT2D eigenvalue weighted by molar-refractivity contribution is -0.0458. The largest absolute Gasteiger partial charge is 0.374 e. The second-order valence-electron chi connectivity index (χ2n) is 7.21. The van der Waals surface area contributed by atoms with Gasteiger partial charge in [0.25, 0.3) is 0 Å². The van der Waals surface area contributed by atoms with Crippen LogP contribution in [0.25, 0.3) is 0 Å². The molecule has 1 aliphatic heterocycles. The average molecular weight is 399 g/mol. The highest BCUT2D eigenvalue weighted by molar-refractivity contribution is 6.17. The summed E-state index contributed by atoms with van der Waals surface area (Å²) in [5, 5.41) is 0. The molecular weight excluding hydrogens is 368 g/mol. The minimum Gasteiger partial charge on any atom is -0.374 e. The van der Waals surface area contributed by atoms with Crippen molar-refractivity contribution in [3.05, 3.63) is 84.2 Å². The number of ether oxygens (including phenoxy) is 1. The number of nitrogens with zero attached hydrogens (tertiary/aromatic N) is 2. The van der Waals surface area contributed by atoms with E-state index in [9.17, 15) is 0 Å². The fourth-order valence-electron chi connectivity index (χ4n) is 3.82. The predicted molar refractivity (Wildman–Crippen MR) is 117 cm³/mol. The van der Waals surface area contributed by atoms with Gasteiger partial charge in [0.1, 0.15) is 6.17 Å². The molecule has 0 fully saturated rings. The Morgan fingerprint density at radius 3 is 1.86 bits per heavy atom. The first-order valence-corrected chi connectivity index (χ1v) is 10.8. The van der Waals surface area contributed by atoms with E-state index in [1.807, 2.05) is 0 Å². The predicted octanol–water partition coefficient (Wildman–Crippen LogP) is 5.62. The van der Waals surface area contributed by atoms with Crippen molar-refractivity contribution in [3.63, 3.8) is 0 Å². The third-order valence-electron chi connectivity index (χ3n) is 5.13. The molecule has 0 aliphatic carbocycles. The average Bonchev–Trinajstić information content (AvgIpc) is 3.11. The highest BCUT2D eigenvalue weighted by atomic mass is 35.5. The molecule has 4 heteroatoms. The molecule has 2 aromatic rings. The van der Waals surface area contributed by atoms with Crippen molar-refractivity contribution < 1.29 is 4.74 Å². The zero-order chi connectivity index (χ0) is 19.6. The topological polar surface area (TPSA) is 15.7 Å². The highest BCUT2D eigenvalue weighted by Gasteiger charge is 2.34. The van der Waals surface area contributed by atoms with Crippen molar-refractivity contribution in [1.29, 1.82) is 0 Å². The molecule has 0 saturated carbocycles. The summed E-state index contributed by atoms with van der Waals surface area (Å²) in [5.74, 6) is 0.712. The van der Waals surface area contributed by atoms with Crippen LogP contribution >= 0.6 is 11.6 Å². The van der Waals surface area contributed by atoms with E-state index in [1.54, 1.807) is 0 Å². The van der Waals surface area contributed by atoms with Gasteiger partial charge in [0.2, 0.25) is 0 Å². The summed E-state index contributed by atoms with van der Waals surface area (Å²) in [4.78, 5) is 4.83. The first kappa shape index (κ1) is 20.8. The molecule has 0 saturated heterocycles. The molecule has 3 nitrogen and oxygen atoms in total. The lowest BCUT2D eigenvalue weighted by Crippen LogP contribution is -2.48. The van der Waals surface area contributed by atoms with E-state index in [1.165, 1.54) is 11.1 Å². The molecule has 28 heavy (non-hydrogen) atoms. The molecule has 3 rings (SSSR count). The fraction of sp³-hybridized carbons (Fsp3) is 0.417. The van der Waals surface area contributed by atoms with Gasteiger partial charge in [0.15, 0.2) is 0 Å². The maximum Gasteiger partial charge on any atom is 0.128 e. The van der Waals surface area contributed by atoms with Crippen LogP contribution in [0.2, 0.25) is 0 Å². The summed E-state index contributed by atoms with van der Waals surface area (Å²) in [6.45, 7) is 4.57. The Hall–Kier alpha value is -1.97. The quantitative estimate of drug-likeness (QED) is 0.361. The normalized spacial score (nSPS) is 15.4. The molecular formula is C24H31ClN2O. The van der Waals surface area contributed by atoms with Crippen molar-refractivity contribution in [1.82, 2.24) is 9.80 Å². The van der Waals surface area contributed by atoms with Gasteiger partial charge in [-0.3, -0.25) is 0 Å². The van der Waals surface area contributed by atoms with Gasteiger partial charge in [-0.25, -0.2) is 0 Å². The molecule has 1 atom stereocenters. The standard InChI is InChI=1S/C24H31ClN2O/c1-2-28-23(15-9-10-16-25)24-26(19-21-11-5-3-6-12-21)17-18-27(24)20-22-13-7-4-8-14-22/h3-8,11-14,17-18,23-24H,2,9-10,15-16,19-20H2,1H3. The minimum atomic E-state index is 0.149. The van der Waals surface area contributed by atoms with E-state index in [-0.39, 0.29) is 12.3 Å². The summed E-state index contributed by atoms with van der Waals surface area (Å²) in [6, 6.07) is 21.3. The van der Waals surface area contributed by atoms with Crippen LogP contribution in [0.15, 0.2) is 73.1 Å². The molecule has 2 aromatic carbocycles. The second-order valence-corrected chi connectivity index (χ2v) is 7.58. The minimum absolute atomic E-state index is 0.149. The molecule has 1 heterocycles. The van der Waals surface area contributed by atoms with Crippen molar-refractivity contribution >= 4 is 11.6 Å². The maximum absolute atomic E-state index is 6.24. The Morgan fingerprint density at radius 1 is 0.857 bits per heavy atom. The molecule has 0 N–H and O–H groups in total. The van der Waals surface area contributed by atoms with Crippen LogP contribution in [0.5, 0.6) is 0 Å². The third-order valence-corrected chi connectivity index (χ3v) is 5.40. The van der Waals surface area contributed by atoms with Gasteiger partial charge in [-0.05, 0) is 37.3 Å². The van der Waals surface area contributed by atoms with Crippen molar-refractivity contribution in [2.45, 2.75) is 51.5 Å². The van der Waals surface area contributed by atoms with Gasteiger partial charge in [-0.15, -0.1) is 11.6 Å². The molecule has 1 aliphatic rings. The van der Waals surface area contributed by atoms with E-state index >= 15 is 0 Å². The molecule has 0 bridgehead atoms. The Labute approximate surface area is 174 Å². The maximum atomic E-state index is 6.24. The Bertz CT molecular complexity index is 656. The number of alkyl halides is 1. The molecule has 150 valence electrons. The zero-order valence-corrected chi connectivity index (χ0v) is 17.5. The molecule has 0 aromatic heterocycles. The third kappa shape index (κ3) is 5.76. The summed E-state index contributed by atoms with van der Waals surface area (Å²) < 4.78 is 6.24. The number of hydrogen-bond donors (Lipinski definition) is 0. The van der Waals surface area contributed by atoms with E-state index in [0.717, 1.165) is 39.0 Å². The van der Waals surface area contributed by atoms with Crippen molar-refractivity contribution in [2.24, 2.45) is 0 Å². The number of rotatable bonds is 11. The molecule has 0 amide bonds. The van der Waals surface area contributed by atoms with Crippen LogP contribution in [-0.4, -0.2) is 34.6 Å². The van der Waals surface area contributed by atoms with Crippen LogP contribution in [0.3, 0.4) is 0 Å². The summed E-state index contributed by atoms with van der Waals surface area (Å²) in [6.07, 6.45) is 7.91. The smallest absolute Gasteiger partial charge is 0.128 e. The summed E-state index contributed by atoms with van der Waals surface area (Å²) in [7, 11) is 0. The molecule has 0 radical (unpaired) electrons. The van der Waals surface area contributed by atoms with Gasteiger partial charge in [-0.2, -0.15) is 0 Å². The fourth-order valence-corrected chi connectivity index (χ4v) is 4.01. The van der Waals surface area contributed by atoms with Crippen LogP contribution < -0.4 is 0 Å². The van der Waals surface area contributed by atoms with Gasteiger partial charge in [-0.1, -0.05) is 60.7 Å². The van der Waals surface area contributed by atoms with Crippen LogP contribution in [0.4, 0.5) is 0 Å². The first-order valence-electron chi connectivity index (χ1n) is 10.3. The summed E-state index contributed by atoms with van der Waals surface area (Å²) in [5.41, 5.74) is 2.63. The van der Waals surface area contributed by atoms with Gasteiger partial charge in [0, 0.05) is 38.0 Å². The number of benzene rings is 2. The van der Waals surface area contributed by atoms with Gasteiger partial charge < -0.3 is 14.5 Å². The van der Waals surface area contributed by atoms with Gasteiger partial charge in [0.05, 0.1) is 6.10 Å². The van der Waals surface area contributed by atoms with E-state index < -0.39 is 0 Å². The van der Waals surface area contributed by atoms with Gasteiger partial charge >= 0.3 is 0 Å². The highest BCUT2D eigenvalue weighted by Crippen LogP contribution is 2.27. The second kappa shape index (κ2) is 11.1. The SMILES string of the molecule is CCOC(CCCCCl)C1N(Cc2ccccc2)C=CN1Cc1ccccc1. The first-order chi connectivity index (χ1) is 13.8. The zero-order valence-electron chi connectivity index (χ0n) is 16.7. The Morgan fingerprint density at radius 2 is 1.39 bits per heavy atom. The lowest BCUT2D eigenvalue weighted by Gasteiger charge is -2.38. The molecule has 1 unspecified atom stereocenters. The van der Waals surface area contributed by atoms with Crippen LogP contribution in [0.1, 0.15) is 37.3 Å². The van der Waals surface area contributed by atoms with E-state index in [4.69, 9.17) is 16.3 Å². The molecule has 0 spiro atoms. The Kier molecular flexibility index (Phi) is 8.25. The van der Waals surface area contributed by atoms with Crippen molar-refractivity contribution in [3.8, 4) is 0 Å². The number of hydrogen-bond acceptors (Lipinski definition) is 3. The Balaban J connectivity index is 1.78. The number of unbranched alkanes of at least 4 members (excludes halogenated alkanes) is 1. The van der Waals surface area contributed by atoms with E-state index in [2.05, 4.69) is 89.8 Å².